The summed E-state index contributed by atoms with van der Waals surface area (Å²) in [5.41, 5.74) is 6.94. The second kappa shape index (κ2) is 9.03. The van der Waals surface area contributed by atoms with Crippen molar-refractivity contribution in [1.82, 2.24) is 5.32 Å². The summed E-state index contributed by atoms with van der Waals surface area (Å²) in [6, 6.07) is 5.58. The Bertz CT molecular complexity index is 571. The van der Waals surface area contributed by atoms with Crippen molar-refractivity contribution in [3.05, 3.63) is 28.8 Å². The van der Waals surface area contributed by atoms with E-state index in [1.54, 1.807) is 0 Å². The molecule has 0 saturated heterocycles. The van der Waals surface area contributed by atoms with E-state index in [0.29, 0.717) is 28.8 Å². The number of ether oxygens (including phenoxy) is 1. The van der Waals surface area contributed by atoms with Crippen LogP contribution >= 0.6 is 23.4 Å². The normalized spacial score (nSPS) is 12.1. The summed E-state index contributed by atoms with van der Waals surface area (Å²) in [5, 5.41) is 3.75. The topological polar surface area (TPSA) is 76.7 Å². The van der Waals surface area contributed by atoms with Gasteiger partial charge in [-0.3, -0.25) is 0 Å². The van der Waals surface area contributed by atoms with Gasteiger partial charge < -0.3 is 15.8 Å². The third-order valence-electron chi connectivity index (χ3n) is 2.62. The van der Waals surface area contributed by atoms with Gasteiger partial charge in [0, 0.05) is 6.54 Å². The number of alkyl carbamates (subject to hydrolysis) is 1. The molecule has 1 aromatic rings. The van der Waals surface area contributed by atoms with Crippen LogP contribution in [0.15, 0.2) is 23.2 Å². The van der Waals surface area contributed by atoms with Crippen LogP contribution < -0.4 is 11.1 Å². The van der Waals surface area contributed by atoms with Crippen LogP contribution in [-0.2, 0) is 11.2 Å². The van der Waals surface area contributed by atoms with Gasteiger partial charge in [0.25, 0.3) is 0 Å². The van der Waals surface area contributed by atoms with E-state index in [-0.39, 0.29) is 0 Å². The monoisotopic (exact) mass is 357 g/mol. The molecule has 7 heteroatoms. The maximum absolute atomic E-state index is 11.6. The fourth-order valence-corrected chi connectivity index (χ4v) is 2.42. The fraction of sp³-hybridized carbons (Fsp3) is 0.500. The van der Waals surface area contributed by atoms with E-state index in [4.69, 9.17) is 22.1 Å². The Kier molecular flexibility index (Phi) is 7.72. The zero-order valence-electron chi connectivity index (χ0n) is 14.0. The van der Waals surface area contributed by atoms with Crippen molar-refractivity contribution in [3.8, 4) is 0 Å². The highest BCUT2D eigenvalue weighted by Crippen LogP contribution is 2.26. The lowest BCUT2D eigenvalue weighted by Crippen LogP contribution is -2.33. The Hall–Kier alpha value is -1.40. The molecule has 0 heterocycles. The maximum Gasteiger partial charge on any atom is 0.407 e. The second-order valence-electron chi connectivity index (χ2n) is 5.85. The number of halogens is 1. The van der Waals surface area contributed by atoms with Gasteiger partial charge in [0.1, 0.15) is 5.60 Å². The van der Waals surface area contributed by atoms with Crippen molar-refractivity contribution in [2.45, 2.75) is 39.7 Å². The van der Waals surface area contributed by atoms with Crippen molar-refractivity contribution < 1.29 is 9.53 Å². The van der Waals surface area contributed by atoms with Gasteiger partial charge in [0.05, 0.1) is 10.7 Å². The lowest BCUT2D eigenvalue weighted by Gasteiger charge is -2.19. The number of carbonyl (C=O) groups is 1. The number of hydrogen-bond acceptors (Lipinski definition) is 4. The molecule has 0 radical (unpaired) electrons. The standard InChI is InChI=1S/C16H24ClN3O2S/c1-5-23-14(18)20-13-7-6-11(10-12(13)17)8-9-19-15(21)22-16(2,3)4/h6-7,10H,5,8-9H2,1-4H3,(H2,18,20)(H,19,21). The van der Waals surface area contributed by atoms with Crippen molar-refractivity contribution in [2.75, 3.05) is 12.3 Å². The van der Waals surface area contributed by atoms with Gasteiger partial charge in [-0.05, 0) is 50.6 Å². The average molecular weight is 358 g/mol. The number of nitrogens with two attached hydrogens (primary N) is 1. The quantitative estimate of drug-likeness (QED) is 0.614. The molecule has 0 aliphatic heterocycles. The SMILES string of the molecule is CCSC(N)=Nc1ccc(CCNC(=O)OC(C)(C)C)cc1Cl. The van der Waals surface area contributed by atoms with E-state index in [1.165, 1.54) is 11.8 Å². The molecule has 0 saturated carbocycles. The number of rotatable bonds is 5. The first-order valence-electron chi connectivity index (χ1n) is 7.43. The van der Waals surface area contributed by atoms with E-state index in [0.717, 1.165) is 11.3 Å². The van der Waals surface area contributed by atoms with Crippen LogP contribution in [0.1, 0.15) is 33.3 Å². The fourth-order valence-electron chi connectivity index (χ4n) is 1.72. The van der Waals surface area contributed by atoms with Gasteiger partial charge >= 0.3 is 6.09 Å². The number of thioether (sulfide) groups is 1. The lowest BCUT2D eigenvalue weighted by molar-refractivity contribution is 0.0528. The Morgan fingerprint density at radius 3 is 2.70 bits per heavy atom. The Balaban J connectivity index is 2.55. The number of nitrogens with zero attached hydrogens (tertiary/aromatic N) is 1. The van der Waals surface area contributed by atoms with Gasteiger partial charge in [-0.15, -0.1) is 0 Å². The molecule has 1 aromatic carbocycles. The molecule has 0 fully saturated rings. The molecule has 3 N–H and O–H groups in total. The number of nitrogens with one attached hydrogen (secondary N) is 1. The highest BCUT2D eigenvalue weighted by molar-refractivity contribution is 8.13. The zero-order chi connectivity index (χ0) is 17.5. The molecule has 5 nitrogen and oxygen atoms in total. The molecule has 0 unspecified atom stereocenters. The summed E-state index contributed by atoms with van der Waals surface area (Å²) >= 11 is 7.69. The van der Waals surface area contributed by atoms with Crippen LogP contribution in [0, 0.1) is 0 Å². The van der Waals surface area contributed by atoms with Gasteiger partial charge in [0.15, 0.2) is 5.17 Å². The predicted octanol–water partition coefficient (Wildman–Crippen LogP) is 4.11. The van der Waals surface area contributed by atoms with Crippen LogP contribution in [0.3, 0.4) is 0 Å². The third kappa shape index (κ3) is 8.13. The van der Waals surface area contributed by atoms with E-state index >= 15 is 0 Å². The minimum atomic E-state index is -0.497. The summed E-state index contributed by atoms with van der Waals surface area (Å²) in [6.07, 6.45) is 0.233. The third-order valence-corrected chi connectivity index (χ3v) is 3.60. The molecule has 0 aliphatic rings. The van der Waals surface area contributed by atoms with Crippen LogP contribution in [0.2, 0.25) is 5.02 Å². The van der Waals surface area contributed by atoms with Gasteiger partial charge in [-0.1, -0.05) is 36.4 Å². The molecule has 0 spiro atoms. The molecule has 0 aromatic heterocycles. The molecule has 1 amide bonds. The lowest BCUT2D eigenvalue weighted by atomic mass is 10.1. The predicted molar refractivity (Wildman–Crippen MR) is 98.8 cm³/mol. The highest BCUT2D eigenvalue weighted by Gasteiger charge is 2.15. The van der Waals surface area contributed by atoms with Gasteiger partial charge in [-0.25, -0.2) is 9.79 Å². The first-order chi connectivity index (χ1) is 10.7. The summed E-state index contributed by atoms with van der Waals surface area (Å²) in [4.78, 5) is 15.8. The number of carbonyl (C=O) groups excluding carboxylic acids is 1. The number of hydrogen-bond donors (Lipinski definition) is 2. The Labute approximate surface area is 147 Å². The van der Waals surface area contributed by atoms with Crippen LogP contribution in [-0.4, -0.2) is 29.2 Å². The van der Waals surface area contributed by atoms with Gasteiger partial charge in [0.2, 0.25) is 0 Å². The van der Waals surface area contributed by atoms with Crippen molar-refractivity contribution in [1.29, 1.82) is 0 Å². The van der Waals surface area contributed by atoms with Crippen molar-refractivity contribution >= 4 is 40.3 Å². The molecule has 1 rings (SSSR count). The zero-order valence-corrected chi connectivity index (χ0v) is 15.6. The Morgan fingerprint density at radius 1 is 1.43 bits per heavy atom. The van der Waals surface area contributed by atoms with Crippen molar-refractivity contribution in [3.63, 3.8) is 0 Å². The van der Waals surface area contributed by atoms with E-state index in [9.17, 15) is 4.79 Å². The van der Waals surface area contributed by atoms with Gasteiger partial charge in [-0.2, -0.15) is 0 Å². The largest absolute Gasteiger partial charge is 0.444 e. The molecule has 128 valence electrons. The molecule has 0 atom stereocenters. The van der Waals surface area contributed by atoms with E-state index in [2.05, 4.69) is 10.3 Å². The number of benzene rings is 1. The Morgan fingerprint density at radius 2 is 2.13 bits per heavy atom. The summed E-state index contributed by atoms with van der Waals surface area (Å²) in [6.45, 7) is 7.97. The van der Waals surface area contributed by atoms with Crippen LogP contribution in [0.25, 0.3) is 0 Å². The van der Waals surface area contributed by atoms with Crippen molar-refractivity contribution in [2.24, 2.45) is 10.7 Å². The average Bonchev–Trinajstić information content (AvgIpc) is 2.40. The highest BCUT2D eigenvalue weighted by atomic mass is 35.5. The minimum absolute atomic E-state index is 0.422. The molecular formula is C16H24ClN3O2S. The summed E-state index contributed by atoms with van der Waals surface area (Å²) in [5.74, 6) is 0.862. The molecule has 23 heavy (non-hydrogen) atoms. The van der Waals surface area contributed by atoms with Crippen LogP contribution in [0.4, 0.5) is 10.5 Å². The first-order valence-corrected chi connectivity index (χ1v) is 8.80. The molecule has 0 bridgehead atoms. The number of amides is 1. The maximum atomic E-state index is 11.6. The summed E-state index contributed by atoms with van der Waals surface area (Å²) in [7, 11) is 0. The van der Waals surface area contributed by atoms with E-state index < -0.39 is 11.7 Å². The smallest absolute Gasteiger partial charge is 0.407 e. The molecular weight excluding hydrogens is 334 g/mol. The van der Waals surface area contributed by atoms with E-state index in [1.807, 2.05) is 45.9 Å². The first kappa shape index (κ1) is 19.6. The minimum Gasteiger partial charge on any atom is -0.444 e. The summed E-state index contributed by atoms with van der Waals surface area (Å²) < 4.78 is 5.18. The number of aliphatic imine (C=N–C) groups is 1. The molecule has 0 aliphatic carbocycles. The van der Waals surface area contributed by atoms with Crippen LogP contribution in [0.5, 0.6) is 0 Å². The number of amidine groups is 1. The second-order valence-corrected chi connectivity index (χ2v) is 7.54.